The van der Waals surface area contributed by atoms with Gasteiger partial charge < -0.3 is 14.6 Å². The van der Waals surface area contributed by atoms with E-state index in [-0.39, 0.29) is 11.9 Å². The Labute approximate surface area is 163 Å². The van der Waals surface area contributed by atoms with Gasteiger partial charge in [0.25, 0.3) is 5.91 Å². The molecule has 1 amide bonds. The third kappa shape index (κ3) is 3.29. The molecule has 1 aliphatic heterocycles. The Bertz CT molecular complexity index is 1010. The minimum absolute atomic E-state index is 0.225. The van der Waals surface area contributed by atoms with Crippen LogP contribution >= 0.6 is 0 Å². The molecule has 0 fully saturated rings. The predicted octanol–water partition coefficient (Wildman–Crippen LogP) is 3.22. The van der Waals surface area contributed by atoms with Crippen molar-refractivity contribution in [1.82, 2.24) is 14.9 Å². The number of carbonyl (C=O) groups excluding carboxylic acids is 2. The number of hydrogen-bond acceptors (Lipinski definition) is 4. The Morgan fingerprint density at radius 2 is 1.96 bits per heavy atom. The van der Waals surface area contributed by atoms with E-state index in [0.717, 1.165) is 16.8 Å². The molecule has 2 aromatic carbocycles. The van der Waals surface area contributed by atoms with E-state index in [4.69, 9.17) is 4.74 Å². The molecule has 0 bridgehead atoms. The van der Waals surface area contributed by atoms with Crippen LogP contribution in [-0.4, -0.2) is 27.0 Å². The van der Waals surface area contributed by atoms with Gasteiger partial charge in [0.2, 0.25) is 0 Å². The van der Waals surface area contributed by atoms with Gasteiger partial charge in [-0.3, -0.25) is 4.79 Å². The topological polar surface area (TPSA) is 73.2 Å². The third-order valence-electron chi connectivity index (χ3n) is 5.11. The summed E-state index contributed by atoms with van der Waals surface area (Å²) in [6, 6.07) is 14.9. The first-order valence-corrected chi connectivity index (χ1v) is 9.17. The monoisotopic (exact) mass is 375 g/mol. The van der Waals surface area contributed by atoms with E-state index in [1.54, 1.807) is 31.6 Å². The van der Waals surface area contributed by atoms with Crippen molar-refractivity contribution in [2.45, 2.75) is 31.9 Å². The summed E-state index contributed by atoms with van der Waals surface area (Å²) in [5.41, 5.74) is 2.08. The minimum atomic E-state index is -1.23. The molecular weight excluding hydrogens is 354 g/mol. The highest BCUT2D eigenvalue weighted by Gasteiger charge is 2.42. The summed E-state index contributed by atoms with van der Waals surface area (Å²) in [5.74, 6) is -0.765. The van der Waals surface area contributed by atoms with Gasteiger partial charge in [0.1, 0.15) is 0 Å². The van der Waals surface area contributed by atoms with Crippen LogP contribution < -0.4 is 5.32 Å². The molecule has 2 atom stereocenters. The first kappa shape index (κ1) is 18.0. The van der Waals surface area contributed by atoms with E-state index in [0.29, 0.717) is 12.0 Å². The summed E-state index contributed by atoms with van der Waals surface area (Å²) in [6.07, 6.45) is 5.68. The third-order valence-corrected chi connectivity index (χ3v) is 5.11. The molecule has 1 aliphatic rings. The number of cyclic esters (lactones) is 1. The summed E-state index contributed by atoms with van der Waals surface area (Å²) in [6.45, 7) is 3.57. The smallest absolute Gasteiger partial charge is 0.339 e. The van der Waals surface area contributed by atoms with Gasteiger partial charge in [-0.05, 0) is 43.2 Å². The highest BCUT2D eigenvalue weighted by molar-refractivity contribution is 5.97. The van der Waals surface area contributed by atoms with E-state index < -0.39 is 11.6 Å². The maximum absolute atomic E-state index is 12.9. The number of ether oxygens (including phenoxy) is 1. The quantitative estimate of drug-likeness (QED) is 0.711. The van der Waals surface area contributed by atoms with Gasteiger partial charge in [0, 0.05) is 24.5 Å². The van der Waals surface area contributed by atoms with Crippen LogP contribution in [0.15, 0.2) is 67.3 Å². The normalized spacial score (nSPS) is 19.4. The maximum Gasteiger partial charge on any atom is 0.339 e. The SMILES string of the molecule is CC(NC(=O)C1(C)Cc2ccccc2C(=O)O1)c1ccc(-n2ccnc2)cc1. The molecule has 0 aliphatic carbocycles. The highest BCUT2D eigenvalue weighted by atomic mass is 16.6. The lowest BCUT2D eigenvalue weighted by atomic mass is 9.89. The largest absolute Gasteiger partial charge is 0.445 e. The van der Waals surface area contributed by atoms with Crippen LogP contribution in [0.1, 0.15) is 41.4 Å². The fourth-order valence-corrected chi connectivity index (χ4v) is 3.44. The fourth-order valence-electron chi connectivity index (χ4n) is 3.44. The first-order valence-electron chi connectivity index (χ1n) is 9.17. The van der Waals surface area contributed by atoms with Crippen molar-refractivity contribution in [1.29, 1.82) is 0 Å². The van der Waals surface area contributed by atoms with Crippen LogP contribution in [0, 0.1) is 0 Å². The van der Waals surface area contributed by atoms with Crippen molar-refractivity contribution < 1.29 is 14.3 Å². The standard InChI is InChI=1S/C22H21N3O3/c1-15(16-7-9-18(10-8-16)25-12-11-23-14-25)24-21(27)22(2)13-17-5-3-4-6-19(17)20(26)28-22/h3-12,14-15H,13H2,1-2H3,(H,24,27). The molecule has 0 saturated carbocycles. The number of aromatic nitrogens is 2. The van der Waals surface area contributed by atoms with Crippen molar-refractivity contribution in [3.05, 3.63) is 83.9 Å². The predicted molar refractivity (Wildman–Crippen MR) is 104 cm³/mol. The van der Waals surface area contributed by atoms with Crippen LogP contribution in [0.4, 0.5) is 0 Å². The van der Waals surface area contributed by atoms with Crippen molar-refractivity contribution in [2.75, 3.05) is 0 Å². The van der Waals surface area contributed by atoms with Crippen LogP contribution in [0.5, 0.6) is 0 Å². The number of nitrogens with one attached hydrogen (secondary N) is 1. The van der Waals surface area contributed by atoms with Crippen LogP contribution in [0.3, 0.4) is 0 Å². The summed E-state index contributed by atoms with van der Waals surface area (Å²) in [7, 11) is 0. The molecule has 6 heteroatoms. The second-order valence-corrected chi connectivity index (χ2v) is 7.21. The summed E-state index contributed by atoms with van der Waals surface area (Å²) >= 11 is 0. The number of rotatable bonds is 4. The van der Waals surface area contributed by atoms with Gasteiger partial charge in [0.15, 0.2) is 5.60 Å². The van der Waals surface area contributed by atoms with Gasteiger partial charge in [0.05, 0.1) is 17.9 Å². The molecule has 28 heavy (non-hydrogen) atoms. The Kier molecular flexibility index (Phi) is 4.47. The van der Waals surface area contributed by atoms with Gasteiger partial charge in [-0.1, -0.05) is 30.3 Å². The van der Waals surface area contributed by atoms with Crippen molar-refractivity contribution in [3.8, 4) is 5.69 Å². The number of benzene rings is 2. The Morgan fingerprint density at radius 3 is 2.68 bits per heavy atom. The summed E-state index contributed by atoms with van der Waals surface area (Å²) < 4.78 is 7.42. The molecule has 2 unspecified atom stereocenters. The molecule has 2 heterocycles. The lowest BCUT2D eigenvalue weighted by molar-refractivity contribution is -0.140. The molecule has 0 saturated heterocycles. The molecular formula is C22H21N3O3. The molecule has 6 nitrogen and oxygen atoms in total. The lowest BCUT2D eigenvalue weighted by Gasteiger charge is -2.34. The molecule has 0 radical (unpaired) electrons. The van der Waals surface area contributed by atoms with Crippen molar-refractivity contribution in [3.63, 3.8) is 0 Å². The molecule has 1 aromatic heterocycles. The number of imidazole rings is 1. The number of esters is 1. The number of carbonyl (C=O) groups is 2. The second kappa shape index (κ2) is 6.96. The number of hydrogen-bond donors (Lipinski definition) is 1. The lowest BCUT2D eigenvalue weighted by Crippen LogP contribution is -2.52. The molecule has 4 rings (SSSR count). The van der Waals surface area contributed by atoms with Crippen LogP contribution in [0.2, 0.25) is 0 Å². The van der Waals surface area contributed by atoms with Gasteiger partial charge >= 0.3 is 5.97 Å². The first-order chi connectivity index (χ1) is 13.5. The average molecular weight is 375 g/mol. The number of fused-ring (bicyclic) bond motifs is 1. The fraction of sp³-hybridized carbons (Fsp3) is 0.227. The number of nitrogens with zero attached hydrogens (tertiary/aromatic N) is 2. The second-order valence-electron chi connectivity index (χ2n) is 7.21. The zero-order valence-electron chi connectivity index (χ0n) is 15.8. The Hall–Kier alpha value is -3.41. The van der Waals surface area contributed by atoms with Gasteiger partial charge in [-0.25, -0.2) is 9.78 Å². The Morgan fingerprint density at radius 1 is 1.21 bits per heavy atom. The molecule has 1 N–H and O–H groups in total. The van der Waals surface area contributed by atoms with Crippen molar-refractivity contribution in [2.24, 2.45) is 0 Å². The maximum atomic E-state index is 12.9. The van der Waals surface area contributed by atoms with Crippen LogP contribution in [0.25, 0.3) is 5.69 Å². The average Bonchev–Trinajstić information content (AvgIpc) is 3.23. The highest BCUT2D eigenvalue weighted by Crippen LogP contribution is 2.29. The van der Waals surface area contributed by atoms with E-state index in [1.165, 1.54) is 0 Å². The zero-order chi connectivity index (χ0) is 19.7. The van der Waals surface area contributed by atoms with Gasteiger partial charge in [-0.15, -0.1) is 0 Å². The zero-order valence-corrected chi connectivity index (χ0v) is 15.8. The van der Waals surface area contributed by atoms with E-state index in [9.17, 15) is 9.59 Å². The van der Waals surface area contributed by atoms with Crippen molar-refractivity contribution >= 4 is 11.9 Å². The Balaban J connectivity index is 1.48. The van der Waals surface area contributed by atoms with E-state index in [1.807, 2.05) is 54.1 Å². The van der Waals surface area contributed by atoms with Crippen LogP contribution in [-0.2, 0) is 16.0 Å². The number of amides is 1. The molecule has 0 spiro atoms. The van der Waals surface area contributed by atoms with E-state index >= 15 is 0 Å². The van der Waals surface area contributed by atoms with Gasteiger partial charge in [-0.2, -0.15) is 0 Å². The van der Waals surface area contributed by atoms with E-state index in [2.05, 4.69) is 10.3 Å². The molecule has 3 aromatic rings. The molecule has 142 valence electrons. The summed E-state index contributed by atoms with van der Waals surface area (Å²) in [4.78, 5) is 29.3. The summed E-state index contributed by atoms with van der Waals surface area (Å²) in [5, 5.41) is 2.98. The minimum Gasteiger partial charge on any atom is -0.445 e.